The predicted molar refractivity (Wildman–Crippen MR) is 93.9 cm³/mol. The van der Waals surface area contributed by atoms with Gasteiger partial charge in [0, 0.05) is 0 Å². The molecule has 1 fully saturated rings. The summed E-state index contributed by atoms with van der Waals surface area (Å²) < 4.78 is 22.1. The Morgan fingerprint density at radius 3 is 2.21 bits per heavy atom. The highest BCUT2D eigenvalue weighted by molar-refractivity contribution is 6.62. The lowest BCUT2D eigenvalue weighted by molar-refractivity contribution is -0.133. The summed E-state index contributed by atoms with van der Waals surface area (Å²) in [6.07, 6.45) is 1.38. The van der Waals surface area contributed by atoms with Crippen molar-refractivity contribution in [3.8, 4) is 0 Å². The van der Waals surface area contributed by atoms with E-state index in [1.54, 1.807) is 0 Å². The summed E-state index contributed by atoms with van der Waals surface area (Å²) in [6, 6.07) is 5.67. The zero-order valence-corrected chi connectivity index (χ0v) is 15.4. The second-order valence-corrected chi connectivity index (χ2v) is 6.92. The van der Waals surface area contributed by atoms with Gasteiger partial charge in [0.1, 0.15) is 5.57 Å². The minimum atomic E-state index is -0.489. The van der Waals surface area contributed by atoms with Gasteiger partial charge < -0.3 is 18.8 Å². The van der Waals surface area contributed by atoms with E-state index in [0.717, 1.165) is 11.0 Å². The van der Waals surface area contributed by atoms with Crippen LogP contribution < -0.4 is 5.46 Å². The van der Waals surface area contributed by atoms with E-state index in [4.69, 9.17) is 18.8 Å². The van der Waals surface area contributed by atoms with Crippen molar-refractivity contribution < 1.29 is 23.6 Å². The summed E-state index contributed by atoms with van der Waals surface area (Å²) in [4.78, 5) is 12.0. The Kier molecular flexibility index (Phi) is 5.11. The molecule has 1 aliphatic heterocycles. The van der Waals surface area contributed by atoms with E-state index in [0.29, 0.717) is 11.1 Å². The van der Waals surface area contributed by atoms with Gasteiger partial charge in [-0.25, -0.2) is 4.79 Å². The van der Waals surface area contributed by atoms with Crippen molar-refractivity contribution in [3.63, 3.8) is 0 Å². The largest absolute Gasteiger partial charge is 0.503 e. The quantitative estimate of drug-likeness (QED) is 0.367. The van der Waals surface area contributed by atoms with Crippen LogP contribution in [-0.2, 0) is 23.6 Å². The van der Waals surface area contributed by atoms with Crippen LogP contribution in [0.25, 0.3) is 5.57 Å². The molecule has 1 aromatic rings. The monoisotopic (exact) mass is 332 g/mol. The van der Waals surface area contributed by atoms with Gasteiger partial charge in [0.25, 0.3) is 0 Å². The van der Waals surface area contributed by atoms with Crippen LogP contribution in [0.4, 0.5) is 0 Å². The summed E-state index contributed by atoms with van der Waals surface area (Å²) in [7, 11) is 2.35. The SMILES string of the molecule is CO/C=C(/C(=O)OC)c1ccc(C)c(B2OC(C)(C)C(C)(C)O2)c1. The Balaban J connectivity index is 2.44. The highest BCUT2D eigenvalue weighted by Gasteiger charge is 2.52. The molecule has 24 heavy (non-hydrogen) atoms. The van der Waals surface area contributed by atoms with Crippen LogP contribution in [0.5, 0.6) is 0 Å². The van der Waals surface area contributed by atoms with E-state index < -0.39 is 24.3 Å². The Bertz CT molecular complexity index is 647. The number of carbonyl (C=O) groups is 1. The van der Waals surface area contributed by atoms with Gasteiger partial charge in [0.05, 0.1) is 31.7 Å². The molecule has 0 aliphatic carbocycles. The van der Waals surface area contributed by atoms with Crippen molar-refractivity contribution in [2.75, 3.05) is 14.2 Å². The van der Waals surface area contributed by atoms with E-state index in [-0.39, 0.29) is 0 Å². The summed E-state index contributed by atoms with van der Waals surface area (Å²) in [5.74, 6) is -0.458. The smallest absolute Gasteiger partial charge is 0.495 e. The summed E-state index contributed by atoms with van der Waals surface area (Å²) >= 11 is 0. The first-order valence-corrected chi connectivity index (χ1v) is 7.91. The third-order valence-electron chi connectivity index (χ3n) is 4.74. The number of rotatable bonds is 4. The number of hydrogen-bond donors (Lipinski definition) is 0. The predicted octanol–water partition coefficient (Wildman–Crippen LogP) is 2.45. The molecule has 0 radical (unpaired) electrons. The maximum atomic E-state index is 12.0. The van der Waals surface area contributed by atoms with Crippen LogP contribution >= 0.6 is 0 Å². The average Bonchev–Trinajstić information content (AvgIpc) is 2.73. The number of ether oxygens (including phenoxy) is 2. The van der Waals surface area contributed by atoms with Gasteiger partial charge in [-0.2, -0.15) is 0 Å². The van der Waals surface area contributed by atoms with E-state index in [2.05, 4.69) is 0 Å². The molecule has 0 aromatic heterocycles. The molecule has 5 nitrogen and oxygen atoms in total. The van der Waals surface area contributed by atoms with Gasteiger partial charge in [-0.15, -0.1) is 0 Å². The highest BCUT2D eigenvalue weighted by Crippen LogP contribution is 2.36. The third kappa shape index (κ3) is 3.35. The topological polar surface area (TPSA) is 54.0 Å². The summed E-state index contributed by atoms with van der Waals surface area (Å²) in [5.41, 5.74) is 2.11. The van der Waals surface area contributed by atoms with Crippen molar-refractivity contribution in [3.05, 3.63) is 35.6 Å². The Hall–Kier alpha value is -1.79. The molecule has 6 heteroatoms. The molecule has 1 aliphatic rings. The lowest BCUT2D eigenvalue weighted by atomic mass is 9.75. The summed E-state index contributed by atoms with van der Waals surface area (Å²) in [6.45, 7) is 10.0. The summed E-state index contributed by atoms with van der Waals surface area (Å²) in [5, 5.41) is 0. The molecular formula is C18H25BO5. The maximum absolute atomic E-state index is 12.0. The lowest BCUT2D eigenvalue weighted by Gasteiger charge is -2.32. The Labute approximate surface area is 144 Å². The first-order valence-electron chi connectivity index (χ1n) is 7.91. The fourth-order valence-corrected chi connectivity index (χ4v) is 2.49. The molecule has 1 heterocycles. The van der Waals surface area contributed by atoms with Gasteiger partial charge in [0.15, 0.2) is 0 Å². The van der Waals surface area contributed by atoms with Crippen molar-refractivity contribution >= 4 is 24.1 Å². The number of methoxy groups -OCH3 is 2. The van der Waals surface area contributed by atoms with E-state index in [1.807, 2.05) is 52.8 Å². The number of carbonyl (C=O) groups excluding carboxylic acids is 1. The van der Waals surface area contributed by atoms with Crippen molar-refractivity contribution in [2.45, 2.75) is 45.8 Å². The molecule has 0 bridgehead atoms. The van der Waals surface area contributed by atoms with Gasteiger partial charge in [-0.05, 0) is 45.6 Å². The molecule has 0 spiro atoms. The molecule has 1 saturated heterocycles. The van der Waals surface area contributed by atoms with Gasteiger partial charge in [-0.3, -0.25) is 0 Å². The van der Waals surface area contributed by atoms with Gasteiger partial charge >= 0.3 is 13.1 Å². The normalized spacial score (nSPS) is 19.3. The van der Waals surface area contributed by atoms with Crippen LogP contribution in [0.15, 0.2) is 24.5 Å². The van der Waals surface area contributed by atoms with E-state index in [1.165, 1.54) is 20.5 Å². The number of hydrogen-bond acceptors (Lipinski definition) is 5. The molecule has 0 unspecified atom stereocenters. The molecule has 2 rings (SSSR count). The fourth-order valence-electron chi connectivity index (χ4n) is 2.49. The minimum absolute atomic E-state index is 0.345. The second-order valence-electron chi connectivity index (χ2n) is 6.92. The Morgan fingerprint density at radius 2 is 1.71 bits per heavy atom. The van der Waals surface area contributed by atoms with Crippen LogP contribution in [-0.4, -0.2) is 38.5 Å². The standard InChI is InChI=1S/C18H25BO5/c1-12-8-9-13(14(11-21-6)16(20)22-7)10-15(12)19-23-17(2,3)18(4,5)24-19/h8-11H,1-7H3/b14-11+. The molecule has 0 atom stereocenters. The molecule has 0 saturated carbocycles. The van der Waals surface area contributed by atoms with E-state index in [9.17, 15) is 4.79 Å². The first-order chi connectivity index (χ1) is 11.1. The zero-order chi connectivity index (χ0) is 18.1. The second kappa shape index (κ2) is 6.61. The molecule has 0 N–H and O–H groups in total. The van der Waals surface area contributed by atoms with Crippen molar-refractivity contribution in [1.82, 2.24) is 0 Å². The number of benzene rings is 1. The van der Waals surface area contributed by atoms with Gasteiger partial charge in [0.2, 0.25) is 0 Å². The first kappa shape index (κ1) is 18.6. The third-order valence-corrected chi connectivity index (χ3v) is 4.74. The minimum Gasteiger partial charge on any atom is -0.503 e. The van der Waals surface area contributed by atoms with E-state index >= 15 is 0 Å². The molecular weight excluding hydrogens is 307 g/mol. The molecule has 1 aromatic carbocycles. The highest BCUT2D eigenvalue weighted by atomic mass is 16.7. The van der Waals surface area contributed by atoms with Crippen LogP contribution in [0.2, 0.25) is 0 Å². The number of esters is 1. The van der Waals surface area contributed by atoms with Crippen LogP contribution in [0.1, 0.15) is 38.8 Å². The molecule has 0 amide bonds. The van der Waals surface area contributed by atoms with Gasteiger partial charge in [-0.1, -0.05) is 23.8 Å². The zero-order valence-electron chi connectivity index (χ0n) is 15.4. The van der Waals surface area contributed by atoms with Crippen molar-refractivity contribution in [1.29, 1.82) is 0 Å². The van der Waals surface area contributed by atoms with Crippen LogP contribution in [0.3, 0.4) is 0 Å². The molecule has 130 valence electrons. The average molecular weight is 332 g/mol. The fraction of sp³-hybridized carbons (Fsp3) is 0.500. The Morgan fingerprint density at radius 1 is 1.12 bits per heavy atom. The lowest BCUT2D eigenvalue weighted by Crippen LogP contribution is -2.41. The van der Waals surface area contributed by atoms with Crippen molar-refractivity contribution in [2.24, 2.45) is 0 Å². The number of aryl methyl sites for hydroxylation is 1. The van der Waals surface area contributed by atoms with Crippen LogP contribution in [0, 0.1) is 6.92 Å². The maximum Gasteiger partial charge on any atom is 0.495 e.